The van der Waals surface area contributed by atoms with Crippen LogP contribution in [-0.4, -0.2) is 37.2 Å². The molecule has 0 aliphatic rings. The first-order valence-corrected chi connectivity index (χ1v) is 11.9. The highest BCUT2D eigenvalue weighted by Gasteiger charge is 2.38. The molecule has 0 saturated heterocycles. The summed E-state index contributed by atoms with van der Waals surface area (Å²) in [5.41, 5.74) is 5.36. The number of imidazole rings is 1. The average molecular weight is 523 g/mol. The van der Waals surface area contributed by atoms with Gasteiger partial charge in [0.15, 0.2) is 11.4 Å². The highest BCUT2D eigenvalue weighted by molar-refractivity contribution is 7.98. The summed E-state index contributed by atoms with van der Waals surface area (Å²) in [6.45, 7) is 0. The number of rotatable bonds is 4. The van der Waals surface area contributed by atoms with Crippen molar-refractivity contribution in [1.29, 1.82) is 0 Å². The number of aromatic nitrogens is 4. The molecule has 0 spiro atoms. The number of carboxylic acids is 1. The summed E-state index contributed by atoms with van der Waals surface area (Å²) in [4.78, 5) is 26.7. The van der Waals surface area contributed by atoms with Gasteiger partial charge in [0.1, 0.15) is 22.0 Å². The van der Waals surface area contributed by atoms with E-state index in [2.05, 4.69) is 9.97 Å². The summed E-state index contributed by atoms with van der Waals surface area (Å²) in [6.07, 6.45) is -5.08. The maximum atomic E-state index is 10.6. The molecule has 37 heavy (non-hydrogen) atoms. The fourth-order valence-corrected chi connectivity index (χ4v) is 4.42. The number of hydrogen-bond donors (Lipinski definition) is 2. The lowest BCUT2D eigenvalue weighted by Crippen LogP contribution is -2.21. The number of benzene rings is 3. The van der Waals surface area contributed by atoms with Crippen molar-refractivity contribution in [2.75, 3.05) is 0 Å². The molecule has 3 aromatic carbocycles. The van der Waals surface area contributed by atoms with Crippen LogP contribution in [0.3, 0.4) is 0 Å². The highest BCUT2D eigenvalue weighted by Crippen LogP contribution is 2.36. The molecule has 0 amide bonds. The van der Waals surface area contributed by atoms with Crippen LogP contribution in [0.25, 0.3) is 44.5 Å². The lowest BCUT2D eigenvalue weighted by molar-refractivity contribution is -0.192. The van der Waals surface area contributed by atoms with Crippen LogP contribution in [0.2, 0.25) is 0 Å². The van der Waals surface area contributed by atoms with Gasteiger partial charge in [-0.2, -0.15) is 13.2 Å². The molecule has 3 aromatic heterocycles. The summed E-state index contributed by atoms with van der Waals surface area (Å²) in [6, 6.07) is 26.1. The molecule has 6 rings (SSSR count). The van der Waals surface area contributed by atoms with Crippen LogP contribution in [0.5, 0.6) is 0 Å². The molecule has 6 aromatic rings. The van der Waals surface area contributed by atoms with E-state index in [1.54, 1.807) is 11.8 Å². The van der Waals surface area contributed by atoms with E-state index in [1.165, 1.54) is 0 Å². The van der Waals surface area contributed by atoms with E-state index in [0.29, 0.717) is 11.6 Å². The Hall–Kier alpha value is -4.38. The Morgan fingerprint density at radius 2 is 1.59 bits per heavy atom. The molecular weight excluding hydrogens is 505 g/mol. The fraction of sp³-hybridized carbons (Fsp3) is 0.0769. The van der Waals surface area contributed by atoms with Crippen molar-refractivity contribution < 1.29 is 27.5 Å². The second kappa shape index (κ2) is 9.94. The van der Waals surface area contributed by atoms with Crippen molar-refractivity contribution >= 4 is 50.8 Å². The van der Waals surface area contributed by atoms with Crippen LogP contribution in [0.1, 0.15) is 5.82 Å². The molecule has 2 N–H and O–H groups in total. The topological polar surface area (TPSA) is 105 Å². The molecule has 0 aliphatic heterocycles. The van der Waals surface area contributed by atoms with Crippen LogP contribution < -0.4 is 0 Å². The molecule has 11 heteroatoms. The summed E-state index contributed by atoms with van der Waals surface area (Å²) >= 11 is 1.60. The Labute approximate surface area is 211 Å². The maximum absolute atomic E-state index is 10.6. The Balaban J connectivity index is 0.000000355. The largest absolute Gasteiger partial charge is 0.490 e. The number of furan rings is 1. The Bertz CT molecular complexity index is 1680. The van der Waals surface area contributed by atoms with Gasteiger partial charge in [-0.1, -0.05) is 66.4 Å². The molecule has 0 fully saturated rings. The first-order chi connectivity index (χ1) is 17.8. The van der Waals surface area contributed by atoms with E-state index < -0.39 is 12.1 Å². The molecule has 0 unspecified atom stereocenters. The molecule has 7 nitrogen and oxygen atoms in total. The number of nitrogens with zero attached hydrogens (tertiary/aromatic N) is 3. The quantitative estimate of drug-likeness (QED) is 0.193. The number of aliphatic carboxylic acids is 1. The SMILES string of the molecule is O=C(O)C(F)(F)F.c1ccc(-c2nc(SCc3nc4ccccc4[nH]3)c3oc4ccccc4c3n2)cc1. The van der Waals surface area contributed by atoms with Crippen LogP contribution >= 0.6 is 11.8 Å². The van der Waals surface area contributed by atoms with Crippen LogP contribution in [0.4, 0.5) is 13.2 Å². The lowest BCUT2D eigenvalue weighted by Gasteiger charge is -2.05. The third-order valence-corrected chi connectivity index (χ3v) is 6.22. The minimum Gasteiger partial charge on any atom is -0.475 e. The van der Waals surface area contributed by atoms with Crippen LogP contribution in [0, 0.1) is 0 Å². The Morgan fingerprint density at radius 3 is 2.32 bits per heavy atom. The van der Waals surface area contributed by atoms with Crippen LogP contribution in [-0.2, 0) is 10.5 Å². The molecule has 0 atom stereocenters. The van der Waals surface area contributed by atoms with E-state index >= 15 is 0 Å². The third-order valence-electron chi connectivity index (χ3n) is 5.25. The zero-order valence-electron chi connectivity index (χ0n) is 18.9. The Kier molecular flexibility index (Phi) is 6.53. The zero-order valence-corrected chi connectivity index (χ0v) is 19.7. The van der Waals surface area contributed by atoms with Gasteiger partial charge in [-0.15, -0.1) is 0 Å². The first-order valence-electron chi connectivity index (χ1n) is 10.9. The number of fused-ring (bicyclic) bond motifs is 4. The van der Waals surface area contributed by atoms with Crippen molar-refractivity contribution in [2.24, 2.45) is 0 Å². The number of alkyl halides is 3. The number of para-hydroxylation sites is 3. The number of H-pyrrole nitrogens is 1. The summed E-state index contributed by atoms with van der Waals surface area (Å²) in [5, 5.41) is 8.94. The zero-order chi connectivity index (χ0) is 26.0. The number of carbonyl (C=O) groups is 1. The molecule has 186 valence electrons. The van der Waals surface area contributed by atoms with Gasteiger partial charge in [0.2, 0.25) is 0 Å². The van der Waals surface area contributed by atoms with E-state index in [1.807, 2.05) is 78.9 Å². The number of carboxylic acid groups (broad SMARTS) is 1. The second-order valence-corrected chi connectivity index (χ2v) is 8.75. The molecule has 0 saturated carbocycles. The van der Waals surface area contributed by atoms with Gasteiger partial charge < -0.3 is 14.5 Å². The minimum absolute atomic E-state index is 0.659. The number of hydrogen-bond acceptors (Lipinski definition) is 6. The van der Waals surface area contributed by atoms with Gasteiger partial charge in [-0.05, 0) is 24.3 Å². The van der Waals surface area contributed by atoms with Crippen molar-refractivity contribution in [1.82, 2.24) is 19.9 Å². The average Bonchev–Trinajstić information content (AvgIpc) is 3.49. The first kappa shape index (κ1) is 24.3. The monoisotopic (exact) mass is 522 g/mol. The van der Waals surface area contributed by atoms with Gasteiger partial charge >= 0.3 is 12.1 Å². The summed E-state index contributed by atoms with van der Waals surface area (Å²) in [7, 11) is 0. The number of aromatic amines is 1. The van der Waals surface area contributed by atoms with Gasteiger partial charge in [0.05, 0.1) is 16.8 Å². The van der Waals surface area contributed by atoms with Crippen molar-refractivity contribution in [3.8, 4) is 11.4 Å². The third kappa shape index (κ3) is 5.26. The fourth-order valence-electron chi connectivity index (χ4n) is 3.59. The highest BCUT2D eigenvalue weighted by atomic mass is 32.2. The molecule has 0 radical (unpaired) electrons. The molecule has 0 bridgehead atoms. The van der Waals surface area contributed by atoms with Gasteiger partial charge in [-0.25, -0.2) is 19.7 Å². The molecular formula is C26H17F3N4O3S. The lowest BCUT2D eigenvalue weighted by atomic mass is 10.2. The maximum Gasteiger partial charge on any atom is 0.490 e. The number of thioether (sulfide) groups is 1. The van der Waals surface area contributed by atoms with E-state index in [4.69, 9.17) is 24.3 Å². The Morgan fingerprint density at radius 1 is 0.919 bits per heavy atom. The van der Waals surface area contributed by atoms with E-state index in [0.717, 1.165) is 49.5 Å². The van der Waals surface area contributed by atoms with Gasteiger partial charge in [0, 0.05) is 10.9 Å². The predicted molar refractivity (Wildman–Crippen MR) is 134 cm³/mol. The van der Waals surface area contributed by atoms with Crippen molar-refractivity contribution in [3.63, 3.8) is 0 Å². The predicted octanol–water partition coefficient (Wildman–Crippen LogP) is 6.84. The molecule has 3 heterocycles. The standard InChI is InChI=1S/C24H16N4OS.C2HF3O2/c1-2-8-15(9-3-1)23-27-21-16-10-4-7-13-19(16)29-22(21)24(28-23)30-14-20-25-17-11-5-6-12-18(17)26-20;3-2(4,5)1(6)7/h1-13H,14H2,(H,25,26);(H,6,7). The smallest absolute Gasteiger partial charge is 0.475 e. The number of nitrogens with one attached hydrogen (secondary N) is 1. The summed E-state index contributed by atoms with van der Waals surface area (Å²) in [5.74, 6) is -0.494. The van der Waals surface area contributed by atoms with E-state index in [-0.39, 0.29) is 0 Å². The van der Waals surface area contributed by atoms with Gasteiger partial charge in [0.25, 0.3) is 0 Å². The van der Waals surface area contributed by atoms with Crippen molar-refractivity contribution in [3.05, 3.63) is 84.7 Å². The van der Waals surface area contributed by atoms with Crippen molar-refractivity contribution in [2.45, 2.75) is 17.0 Å². The normalized spacial score (nSPS) is 11.5. The van der Waals surface area contributed by atoms with E-state index in [9.17, 15) is 13.2 Å². The summed E-state index contributed by atoms with van der Waals surface area (Å²) < 4.78 is 37.9. The van der Waals surface area contributed by atoms with Crippen LogP contribution in [0.15, 0.2) is 88.3 Å². The van der Waals surface area contributed by atoms with Gasteiger partial charge in [-0.3, -0.25) is 0 Å². The second-order valence-electron chi connectivity index (χ2n) is 7.79. The number of halogens is 3. The minimum atomic E-state index is -5.08. The molecule has 0 aliphatic carbocycles.